The third-order valence-electron chi connectivity index (χ3n) is 3.04. The molecular weight excluding hydrogens is 246 g/mol. The van der Waals surface area contributed by atoms with Crippen molar-refractivity contribution in [3.8, 4) is 11.3 Å². The minimum absolute atomic E-state index is 0.0325. The molecule has 0 aromatic heterocycles. The van der Waals surface area contributed by atoms with Gasteiger partial charge in [0.2, 0.25) is 0 Å². The lowest BCUT2D eigenvalue weighted by Gasteiger charge is -2.22. The van der Waals surface area contributed by atoms with E-state index in [1.807, 2.05) is 6.08 Å². The fourth-order valence-corrected chi connectivity index (χ4v) is 2.98. The zero-order chi connectivity index (χ0) is 12.4. The second kappa shape index (κ2) is 5.18. The molecule has 3 aliphatic heterocycles. The number of ether oxygens (including phenoxy) is 2. The van der Waals surface area contributed by atoms with Gasteiger partial charge in [0.1, 0.15) is 6.10 Å². The zero-order valence-corrected chi connectivity index (χ0v) is 10.8. The Labute approximate surface area is 110 Å². The first-order chi connectivity index (χ1) is 8.90. The Morgan fingerprint density at radius 2 is 2.44 bits per heavy atom. The van der Waals surface area contributed by atoms with E-state index in [-0.39, 0.29) is 6.10 Å². The molecule has 3 aliphatic rings. The molecule has 0 saturated carbocycles. The van der Waals surface area contributed by atoms with Crippen LogP contribution in [0.1, 0.15) is 17.2 Å². The fraction of sp³-hybridized carbons (Fsp3) is 0.357. The highest BCUT2D eigenvalue weighted by atomic mass is 32.1. The minimum atomic E-state index is -0.0325. The van der Waals surface area contributed by atoms with Gasteiger partial charge in [0.25, 0.3) is 0 Å². The number of hydrogen-bond acceptors (Lipinski definition) is 4. The summed E-state index contributed by atoms with van der Waals surface area (Å²) in [7, 11) is 0. The van der Waals surface area contributed by atoms with Crippen LogP contribution < -0.4 is 0 Å². The van der Waals surface area contributed by atoms with Crippen LogP contribution in [0.3, 0.4) is 0 Å². The van der Waals surface area contributed by atoms with E-state index >= 15 is 0 Å². The molecule has 1 radical (unpaired) electrons. The standard InChI is InChI=1S/C14H14NO2S/c1-2-3-10-8-18-9-12-11(6-15-14(10)12)13-7-16-4-5-17-13/h2,8-9,13H,1,3-5,7H2. The topological polar surface area (TPSA) is 31.4 Å². The molecule has 1 atom stereocenters. The molecule has 1 unspecified atom stereocenters. The third kappa shape index (κ3) is 2.07. The van der Waals surface area contributed by atoms with Gasteiger partial charge >= 0.3 is 0 Å². The first-order valence-corrected chi connectivity index (χ1v) is 6.91. The van der Waals surface area contributed by atoms with Crippen molar-refractivity contribution in [1.29, 1.82) is 0 Å². The van der Waals surface area contributed by atoms with Gasteiger partial charge in [-0.15, -0.1) is 6.58 Å². The Bertz CT molecular complexity index is 517. The zero-order valence-electron chi connectivity index (χ0n) is 10.0. The number of allylic oxidation sites excluding steroid dienone is 1. The van der Waals surface area contributed by atoms with Crippen molar-refractivity contribution in [1.82, 2.24) is 4.98 Å². The largest absolute Gasteiger partial charge is 0.376 e. The molecule has 93 valence electrons. The molecule has 3 nitrogen and oxygen atoms in total. The van der Waals surface area contributed by atoms with Crippen LogP contribution in [0, 0.1) is 6.20 Å². The molecule has 0 aromatic rings. The second-order valence-corrected chi connectivity index (χ2v) is 4.97. The summed E-state index contributed by atoms with van der Waals surface area (Å²) in [5.74, 6) is 0. The maximum absolute atomic E-state index is 5.72. The molecule has 1 saturated heterocycles. The molecule has 4 heteroatoms. The van der Waals surface area contributed by atoms with Crippen LogP contribution in [0.2, 0.25) is 0 Å². The maximum Gasteiger partial charge on any atom is 0.109 e. The average Bonchev–Trinajstić information content (AvgIpc) is 2.85. The molecule has 0 bridgehead atoms. The number of hydrogen-bond donors (Lipinski definition) is 0. The quantitative estimate of drug-likeness (QED) is 0.795. The van der Waals surface area contributed by atoms with E-state index in [9.17, 15) is 0 Å². The predicted octanol–water partition coefficient (Wildman–Crippen LogP) is 2.86. The summed E-state index contributed by atoms with van der Waals surface area (Å²) in [4.78, 5) is 4.41. The van der Waals surface area contributed by atoms with E-state index in [4.69, 9.17) is 9.47 Å². The van der Waals surface area contributed by atoms with Gasteiger partial charge in [0.15, 0.2) is 0 Å². The predicted molar refractivity (Wildman–Crippen MR) is 71.0 cm³/mol. The molecule has 0 N–H and O–H groups in total. The molecule has 1 fully saturated rings. The van der Waals surface area contributed by atoms with Gasteiger partial charge in [0.05, 0.1) is 31.7 Å². The average molecular weight is 260 g/mol. The first kappa shape index (κ1) is 11.8. The Kier molecular flexibility index (Phi) is 3.41. The summed E-state index contributed by atoms with van der Waals surface area (Å²) in [6, 6.07) is 0. The van der Waals surface area contributed by atoms with Crippen LogP contribution in [0.4, 0.5) is 0 Å². The number of aromatic nitrogens is 1. The lowest BCUT2D eigenvalue weighted by Crippen LogP contribution is -2.21. The van der Waals surface area contributed by atoms with E-state index in [0.29, 0.717) is 19.8 Å². The monoisotopic (exact) mass is 260 g/mol. The highest BCUT2D eigenvalue weighted by Gasteiger charge is 2.24. The second-order valence-electron chi connectivity index (χ2n) is 4.22. The number of fused-ring (bicyclic) bond motifs is 1. The molecule has 3 rings (SSSR count). The SMILES string of the molecule is C=CCc1cscc2c(C3COCCO3)[c]nc1-2. The van der Waals surface area contributed by atoms with Crippen molar-refractivity contribution in [2.45, 2.75) is 12.5 Å². The van der Waals surface area contributed by atoms with Crippen molar-refractivity contribution < 1.29 is 9.47 Å². The molecule has 0 amide bonds. The Balaban J connectivity index is 1.96. The number of rotatable bonds is 3. The van der Waals surface area contributed by atoms with Crippen molar-refractivity contribution >= 4 is 11.3 Å². The van der Waals surface area contributed by atoms with Crippen molar-refractivity contribution in [3.63, 3.8) is 0 Å². The number of nitrogens with zero attached hydrogens (tertiary/aromatic N) is 1. The van der Waals surface area contributed by atoms with Gasteiger partial charge in [-0.1, -0.05) is 6.08 Å². The summed E-state index contributed by atoms with van der Waals surface area (Å²) in [6.45, 7) is 5.69. The van der Waals surface area contributed by atoms with Crippen molar-refractivity contribution in [2.75, 3.05) is 19.8 Å². The summed E-state index contributed by atoms with van der Waals surface area (Å²) < 4.78 is 11.2. The Morgan fingerprint density at radius 3 is 3.22 bits per heavy atom. The summed E-state index contributed by atoms with van der Waals surface area (Å²) in [5, 5.41) is 4.23. The van der Waals surface area contributed by atoms with Gasteiger partial charge in [-0.25, -0.2) is 4.98 Å². The molecule has 0 spiro atoms. The van der Waals surface area contributed by atoms with Crippen LogP contribution in [0.25, 0.3) is 11.3 Å². The normalized spacial score (nSPS) is 20.1. The minimum Gasteiger partial charge on any atom is -0.376 e. The molecular formula is C14H14NO2S. The van der Waals surface area contributed by atoms with Crippen LogP contribution in [0.5, 0.6) is 0 Å². The van der Waals surface area contributed by atoms with E-state index in [2.05, 4.69) is 28.5 Å². The van der Waals surface area contributed by atoms with E-state index in [1.54, 1.807) is 11.3 Å². The highest BCUT2D eigenvalue weighted by Crippen LogP contribution is 2.35. The smallest absolute Gasteiger partial charge is 0.109 e. The van der Waals surface area contributed by atoms with Crippen LogP contribution in [-0.2, 0) is 15.9 Å². The van der Waals surface area contributed by atoms with Gasteiger partial charge < -0.3 is 9.47 Å². The molecule has 3 heterocycles. The molecule has 0 aliphatic carbocycles. The van der Waals surface area contributed by atoms with Crippen molar-refractivity contribution in [2.24, 2.45) is 0 Å². The van der Waals surface area contributed by atoms with E-state index in [0.717, 1.165) is 23.2 Å². The summed E-state index contributed by atoms with van der Waals surface area (Å²) >= 11 is 1.68. The van der Waals surface area contributed by atoms with Gasteiger partial charge in [-0.2, -0.15) is 11.3 Å². The Morgan fingerprint density at radius 1 is 1.50 bits per heavy atom. The first-order valence-electron chi connectivity index (χ1n) is 5.96. The maximum atomic E-state index is 5.72. The van der Waals surface area contributed by atoms with E-state index in [1.165, 1.54) is 5.56 Å². The Hall–Kier alpha value is -1.23. The van der Waals surface area contributed by atoms with Crippen LogP contribution in [-0.4, -0.2) is 24.8 Å². The van der Waals surface area contributed by atoms with Gasteiger partial charge in [0, 0.05) is 16.5 Å². The summed E-state index contributed by atoms with van der Waals surface area (Å²) in [6.07, 6.45) is 5.80. The van der Waals surface area contributed by atoms with Crippen LogP contribution in [0.15, 0.2) is 23.4 Å². The van der Waals surface area contributed by atoms with Crippen LogP contribution >= 0.6 is 11.3 Å². The highest BCUT2D eigenvalue weighted by molar-refractivity contribution is 7.08. The fourth-order valence-electron chi connectivity index (χ4n) is 2.17. The lowest BCUT2D eigenvalue weighted by atomic mass is 10.0. The lowest BCUT2D eigenvalue weighted by molar-refractivity contribution is -0.0899. The third-order valence-corrected chi connectivity index (χ3v) is 3.83. The molecule has 0 aromatic carbocycles. The molecule has 18 heavy (non-hydrogen) atoms. The van der Waals surface area contributed by atoms with E-state index < -0.39 is 0 Å². The van der Waals surface area contributed by atoms with Gasteiger partial charge in [-0.3, -0.25) is 0 Å². The van der Waals surface area contributed by atoms with Gasteiger partial charge in [-0.05, 0) is 17.4 Å². The summed E-state index contributed by atoms with van der Waals surface area (Å²) in [5.41, 5.74) is 4.37. The van der Waals surface area contributed by atoms with Crippen molar-refractivity contribution in [3.05, 3.63) is 40.7 Å².